The van der Waals surface area contributed by atoms with E-state index >= 15 is 0 Å². The molecule has 2 aromatic rings. The molecule has 1 saturated heterocycles. The molecular formula is C18H11F3N2O2S. The minimum Gasteiger partial charge on any atom is -0.317 e. The number of halogens is 3. The highest BCUT2D eigenvalue weighted by atomic mass is 32.2. The second-order valence-electron chi connectivity index (χ2n) is 5.32. The summed E-state index contributed by atoms with van der Waals surface area (Å²) in [6.45, 7) is -0.128. The summed E-state index contributed by atoms with van der Waals surface area (Å²) in [6.07, 6.45) is 3.72. The fraction of sp³-hybridized carbons (Fsp3) is 0.111. The molecule has 0 spiro atoms. The molecular weight excluding hydrogens is 365 g/mol. The molecule has 0 atom stereocenters. The average molecular weight is 376 g/mol. The SMILES string of the molecule is C#CCN1C(=O)S/C(=C\c2cccn2-c2cccc(C(F)(F)F)c2)C1=O. The summed E-state index contributed by atoms with van der Waals surface area (Å²) < 4.78 is 40.3. The van der Waals surface area contributed by atoms with Crippen LogP contribution in [-0.2, 0) is 11.0 Å². The summed E-state index contributed by atoms with van der Waals surface area (Å²) in [4.78, 5) is 25.2. The molecule has 0 radical (unpaired) electrons. The first-order valence-corrected chi connectivity index (χ1v) is 8.17. The van der Waals surface area contributed by atoms with Crippen LogP contribution in [0.4, 0.5) is 18.0 Å². The number of hydrogen-bond acceptors (Lipinski definition) is 3. The Kier molecular flexibility index (Phi) is 4.66. The van der Waals surface area contributed by atoms with E-state index in [2.05, 4.69) is 5.92 Å². The molecule has 1 aromatic heterocycles. The van der Waals surface area contributed by atoms with Crippen molar-refractivity contribution in [3.8, 4) is 18.0 Å². The maximum Gasteiger partial charge on any atom is 0.416 e. The van der Waals surface area contributed by atoms with E-state index in [0.717, 1.165) is 28.8 Å². The van der Waals surface area contributed by atoms with Gasteiger partial charge in [-0.2, -0.15) is 13.2 Å². The lowest BCUT2D eigenvalue weighted by Gasteiger charge is -2.11. The zero-order valence-electron chi connectivity index (χ0n) is 13.2. The molecule has 0 unspecified atom stereocenters. The number of carbonyl (C=O) groups excluding carboxylic acids is 2. The number of imide groups is 1. The molecule has 8 heteroatoms. The molecule has 0 aliphatic carbocycles. The van der Waals surface area contributed by atoms with Crippen LogP contribution in [0, 0.1) is 12.3 Å². The highest BCUT2D eigenvalue weighted by molar-refractivity contribution is 8.18. The molecule has 1 aliphatic rings. The number of carbonyl (C=O) groups is 2. The monoisotopic (exact) mass is 376 g/mol. The van der Waals surface area contributed by atoms with E-state index in [4.69, 9.17) is 6.42 Å². The summed E-state index contributed by atoms with van der Waals surface area (Å²) in [5.74, 6) is 1.72. The number of nitrogens with zero attached hydrogens (tertiary/aromatic N) is 2. The Hall–Kier alpha value is -2.92. The molecule has 1 aliphatic heterocycles. The van der Waals surface area contributed by atoms with Crippen molar-refractivity contribution in [3.63, 3.8) is 0 Å². The number of benzene rings is 1. The summed E-state index contributed by atoms with van der Waals surface area (Å²) >= 11 is 0.741. The van der Waals surface area contributed by atoms with Crippen LogP contribution in [0.5, 0.6) is 0 Å². The molecule has 0 bridgehead atoms. The average Bonchev–Trinajstić information content (AvgIpc) is 3.15. The van der Waals surface area contributed by atoms with Gasteiger partial charge in [-0.3, -0.25) is 14.5 Å². The van der Waals surface area contributed by atoms with Crippen LogP contribution < -0.4 is 0 Å². The van der Waals surface area contributed by atoms with Crippen molar-refractivity contribution in [3.05, 3.63) is 58.8 Å². The normalized spacial score (nSPS) is 16.4. The smallest absolute Gasteiger partial charge is 0.317 e. The molecule has 0 N–H and O–H groups in total. The van der Waals surface area contributed by atoms with Gasteiger partial charge in [-0.15, -0.1) is 6.42 Å². The van der Waals surface area contributed by atoms with Crippen LogP contribution in [-0.4, -0.2) is 27.2 Å². The van der Waals surface area contributed by atoms with Crippen LogP contribution in [0.25, 0.3) is 11.8 Å². The number of alkyl halides is 3. The van der Waals surface area contributed by atoms with E-state index in [-0.39, 0.29) is 11.4 Å². The predicted molar refractivity (Wildman–Crippen MR) is 92.3 cm³/mol. The van der Waals surface area contributed by atoms with Gasteiger partial charge in [0.05, 0.1) is 17.0 Å². The Morgan fingerprint density at radius 1 is 1.19 bits per heavy atom. The fourth-order valence-electron chi connectivity index (χ4n) is 2.44. The molecule has 2 amide bonds. The zero-order chi connectivity index (χ0) is 18.9. The summed E-state index contributed by atoms with van der Waals surface area (Å²) in [6, 6.07) is 8.10. The third-order valence-electron chi connectivity index (χ3n) is 3.63. The number of amides is 2. The molecule has 1 aromatic carbocycles. The number of thioether (sulfide) groups is 1. The van der Waals surface area contributed by atoms with Crippen molar-refractivity contribution >= 4 is 29.0 Å². The van der Waals surface area contributed by atoms with Gasteiger partial charge in [0, 0.05) is 17.6 Å². The Bertz CT molecular complexity index is 954. The van der Waals surface area contributed by atoms with Gasteiger partial charge in [-0.05, 0) is 48.2 Å². The quantitative estimate of drug-likeness (QED) is 0.597. The Morgan fingerprint density at radius 2 is 1.96 bits per heavy atom. The topological polar surface area (TPSA) is 42.3 Å². The van der Waals surface area contributed by atoms with Crippen molar-refractivity contribution in [2.45, 2.75) is 6.18 Å². The number of aromatic nitrogens is 1. The lowest BCUT2D eigenvalue weighted by Crippen LogP contribution is -2.28. The van der Waals surface area contributed by atoms with Gasteiger partial charge >= 0.3 is 6.18 Å². The lowest BCUT2D eigenvalue weighted by molar-refractivity contribution is -0.137. The largest absolute Gasteiger partial charge is 0.416 e. The molecule has 26 heavy (non-hydrogen) atoms. The summed E-state index contributed by atoms with van der Waals surface area (Å²) in [5, 5.41) is -0.476. The van der Waals surface area contributed by atoms with Crippen molar-refractivity contribution < 1.29 is 22.8 Å². The summed E-state index contributed by atoms with van der Waals surface area (Å²) in [7, 11) is 0. The Morgan fingerprint density at radius 3 is 2.65 bits per heavy atom. The third kappa shape index (κ3) is 3.39. The molecule has 132 valence electrons. The van der Waals surface area contributed by atoms with E-state index in [9.17, 15) is 22.8 Å². The van der Waals surface area contributed by atoms with Gasteiger partial charge in [0.2, 0.25) is 0 Å². The maximum atomic E-state index is 12.9. The van der Waals surface area contributed by atoms with Crippen LogP contribution in [0.15, 0.2) is 47.5 Å². The Balaban J connectivity index is 1.97. The molecule has 4 nitrogen and oxygen atoms in total. The van der Waals surface area contributed by atoms with Crippen LogP contribution in [0.3, 0.4) is 0 Å². The Labute approximate surface area is 151 Å². The van der Waals surface area contributed by atoms with E-state index in [1.165, 1.54) is 22.8 Å². The van der Waals surface area contributed by atoms with Gasteiger partial charge in [0.1, 0.15) is 0 Å². The highest BCUT2D eigenvalue weighted by Crippen LogP contribution is 2.33. The van der Waals surface area contributed by atoms with E-state index in [0.29, 0.717) is 11.4 Å². The second-order valence-corrected chi connectivity index (χ2v) is 6.32. The number of hydrogen-bond donors (Lipinski definition) is 0. The highest BCUT2D eigenvalue weighted by Gasteiger charge is 2.34. The van der Waals surface area contributed by atoms with Crippen LogP contribution in [0.1, 0.15) is 11.3 Å². The fourth-order valence-corrected chi connectivity index (χ4v) is 3.26. The maximum absolute atomic E-state index is 12.9. The first kappa shape index (κ1) is 17.9. The van der Waals surface area contributed by atoms with Gasteiger partial charge < -0.3 is 4.57 Å². The van der Waals surface area contributed by atoms with Gasteiger partial charge in [0.25, 0.3) is 11.1 Å². The van der Waals surface area contributed by atoms with Gasteiger partial charge in [-0.1, -0.05) is 12.0 Å². The van der Waals surface area contributed by atoms with Crippen molar-refractivity contribution in [1.29, 1.82) is 0 Å². The first-order valence-electron chi connectivity index (χ1n) is 7.35. The van der Waals surface area contributed by atoms with E-state index in [1.54, 1.807) is 18.3 Å². The van der Waals surface area contributed by atoms with Gasteiger partial charge in [-0.25, -0.2) is 0 Å². The first-order chi connectivity index (χ1) is 12.3. The minimum atomic E-state index is -4.46. The third-order valence-corrected chi connectivity index (χ3v) is 4.54. The zero-order valence-corrected chi connectivity index (χ0v) is 14.0. The van der Waals surface area contributed by atoms with Crippen molar-refractivity contribution in [2.75, 3.05) is 6.54 Å². The van der Waals surface area contributed by atoms with E-state index in [1.807, 2.05) is 0 Å². The molecule has 3 rings (SSSR count). The minimum absolute atomic E-state index is 0.128. The van der Waals surface area contributed by atoms with Crippen molar-refractivity contribution in [2.24, 2.45) is 0 Å². The number of rotatable bonds is 3. The molecule has 1 fully saturated rings. The van der Waals surface area contributed by atoms with Gasteiger partial charge in [0.15, 0.2) is 0 Å². The summed E-state index contributed by atoms with van der Waals surface area (Å²) in [5.41, 5.74) is -0.0153. The molecule has 2 heterocycles. The standard InChI is InChI=1S/C18H11F3N2O2S/c1-2-8-23-16(24)15(26-17(23)25)11-14-7-4-9-22(14)13-6-3-5-12(10-13)18(19,20)21/h1,3-7,9-11H,8H2/b15-11-. The van der Waals surface area contributed by atoms with Crippen LogP contribution >= 0.6 is 11.8 Å². The predicted octanol–water partition coefficient (Wildman–Crippen LogP) is 4.17. The molecule has 0 saturated carbocycles. The number of terminal acetylenes is 1. The van der Waals surface area contributed by atoms with Crippen molar-refractivity contribution in [1.82, 2.24) is 9.47 Å². The van der Waals surface area contributed by atoms with E-state index < -0.39 is 22.9 Å². The second kappa shape index (κ2) is 6.77. The van der Waals surface area contributed by atoms with Crippen LogP contribution in [0.2, 0.25) is 0 Å². The lowest BCUT2D eigenvalue weighted by atomic mass is 10.2.